The number of hydrogen-bond acceptors (Lipinski definition) is 2. The minimum atomic E-state index is -0.216. The summed E-state index contributed by atoms with van der Waals surface area (Å²) in [5.41, 5.74) is 5.69. The van der Waals surface area contributed by atoms with Gasteiger partial charge in [0.25, 0.3) is 0 Å². The molecule has 2 heterocycles. The van der Waals surface area contributed by atoms with Crippen LogP contribution in [0.4, 0.5) is 4.39 Å². The highest BCUT2D eigenvalue weighted by Gasteiger charge is 2.27. The van der Waals surface area contributed by atoms with Crippen LogP contribution >= 0.6 is 0 Å². The number of nitrogens with zero attached hydrogens (tertiary/aromatic N) is 2. The number of para-hydroxylation sites is 2. The second kappa shape index (κ2) is 7.52. The summed E-state index contributed by atoms with van der Waals surface area (Å²) in [5.74, 6) is 1.47. The SMILES string of the molecule is CC(C)(C)c1ccc(Cn2c(C3CCc4cc(F)ccc4O3)nc3ccccc32)cc1. The van der Waals surface area contributed by atoms with Gasteiger partial charge in [-0.25, -0.2) is 9.37 Å². The molecular formula is C27H27FN2O. The molecule has 1 aliphatic rings. The zero-order valence-electron chi connectivity index (χ0n) is 18.2. The summed E-state index contributed by atoms with van der Waals surface area (Å²) in [6.07, 6.45) is 1.41. The highest BCUT2D eigenvalue weighted by molar-refractivity contribution is 5.76. The molecule has 0 spiro atoms. The maximum atomic E-state index is 13.6. The molecule has 31 heavy (non-hydrogen) atoms. The quantitative estimate of drug-likeness (QED) is 0.378. The monoisotopic (exact) mass is 414 g/mol. The van der Waals surface area contributed by atoms with Crippen molar-refractivity contribution in [3.8, 4) is 5.75 Å². The average Bonchev–Trinajstić information content (AvgIpc) is 3.11. The first-order chi connectivity index (χ1) is 14.9. The van der Waals surface area contributed by atoms with Crippen LogP contribution in [0.3, 0.4) is 0 Å². The predicted octanol–water partition coefficient (Wildman–Crippen LogP) is 6.59. The Morgan fingerprint density at radius 2 is 1.81 bits per heavy atom. The number of imidazole rings is 1. The molecule has 1 unspecified atom stereocenters. The highest BCUT2D eigenvalue weighted by Crippen LogP contribution is 2.36. The maximum Gasteiger partial charge on any atom is 0.157 e. The Morgan fingerprint density at radius 1 is 1.03 bits per heavy atom. The van der Waals surface area contributed by atoms with Gasteiger partial charge in [-0.2, -0.15) is 0 Å². The molecule has 3 aromatic carbocycles. The van der Waals surface area contributed by atoms with Crippen molar-refractivity contribution in [2.45, 2.75) is 51.7 Å². The minimum absolute atomic E-state index is 0.133. The third-order valence-corrected chi connectivity index (χ3v) is 6.10. The fraction of sp³-hybridized carbons (Fsp3) is 0.296. The summed E-state index contributed by atoms with van der Waals surface area (Å²) in [6.45, 7) is 7.42. The van der Waals surface area contributed by atoms with Crippen molar-refractivity contribution in [3.05, 3.63) is 95.1 Å². The van der Waals surface area contributed by atoms with E-state index in [2.05, 4.69) is 55.7 Å². The molecule has 1 atom stereocenters. The zero-order chi connectivity index (χ0) is 21.6. The zero-order valence-corrected chi connectivity index (χ0v) is 18.2. The molecule has 1 aliphatic heterocycles. The standard InChI is InChI=1S/C27H27FN2O/c1-27(2,3)20-11-8-18(9-12-20)17-30-23-7-5-4-6-22(23)29-26(30)25-14-10-19-16-21(28)13-15-24(19)31-25/h4-9,11-13,15-16,25H,10,14,17H2,1-3H3. The van der Waals surface area contributed by atoms with Crippen molar-refractivity contribution in [1.82, 2.24) is 9.55 Å². The largest absolute Gasteiger partial charge is 0.482 e. The highest BCUT2D eigenvalue weighted by atomic mass is 19.1. The van der Waals surface area contributed by atoms with Crippen LogP contribution in [-0.4, -0.2) is 9.55 Å². The van der Waals surface area contributed by atoms with Gasteiger partial charge in [0.1, 0.15) is 11.6 Å². The normalized spacial score (nSPS) is 16.2. The van der Waals surface area contributed by atoms with E-state index in [0.29, 0.717) is 0 Å². The summed E-state index contributed by atoms with van der Waals surface area (Å²) < 4.78 is 22.1. The van der Waals surface area contributed by atoms with Crippen LogP contribution in [0.2, 0.25) is 0 Å². The Balaban J connectivity index is 1.51. The summed E-state index contributed by atoms with van der Waals surface area (Å²) in [6, 6.07) is 21.8. The number of halogens is 1. The van der Waals surface area contributed by atoms with Gasteiger partial charge in [0.2, 0.25) is 0 Å². The fourth-order valence-corrected chi connectivity index (χ4v) is 4.34. The third-order valence-electron chi connectivity index (χ3n) is 6.10. The topological polar surface area (TPSA) is 27.1 Å². The van der Waals surface area contributed by atoms with Gasteiger partial charge in [-0.1, -0.05) is 57.2 Å². The number of benzene rings is 3. The molecule has 0 bridgehead atoms. The molecule has 0 N–H and O–H groups in total. The van der Waals surface area contributed by atoms with Crippen LogP contribution in [-0.2, 0) is 18.4 Å². The molecule has 0 fully saturated rings. The Bertz CT molecular complexity index is 1230. The van der Waals surface area contributed by atoms with Crippen LogP contribution < -0.4 is 4.74 Å². The Kier molecular flexibility index (Phi) is 4.81. The van der Waals surface area contributed by atoms with Gasteiger partial charge in [0.05, 0.1) is 11.0 Å². The molecule has 158 valence electrons. The van der Waals surface area contributed by atoms with Gasteiger partial charge >= 0.3 is 0 Å². The fourth-order valence-electron chi connectivity index (χ4n) is 4.34. The smallest absolute Gasteiger partial charge is 0.157 e. The molecule has 4 heteroatoms. The maximum absolute atomic E-state index is 13.6. The molecule has 0 amide bonds. The van der Waals surface area contributed by atoms with Crippen LogP contribution in [0.1, 0.15) is 55.8 Å². The van der Waals surface area contributed by atoms with E-state index in [0.717, 1.165) is 47.6 Å². The van der Waals surface area contributed by atoms with Crippen LogP contribution in [0.25, 0.3) is 11.0 Å². The van der Waals surface area contributed by atoms with E-state index < -0.39 is 0 Å². The molecule has 3 nitrogen and oxygen atoms in total. The number of rotatable bonds is 3. The first-order valence-corrected chi connectivity index (χ1v) is 10.9. The van der Waals surface area contributed by atoms with Crippen molar-refractivity contribution < 1.29 is 9.13 Å². The predicted molar refractivity (Wildman–Crippen MR) is 122 cm³/mol. The van der Waals surface area contributed by atoms with Crippen LogP contribution in [0.15, 0.2) is 66.7 Å². The summed E-state index contributed by atoms with van der Waals surface area (Å²) in [4.78, 5) is 4.94. The van der Waals surface area contributed by atoms with Crippen molar-refractivity contribution in [2.24, 2.45) is 0 Å². The Labute approximate surface area is 182 Å². The lowest BCUT2D eigenvalue weighted by Gasteiger charge is -2.26. The second-order valence-electron chi connectivity index (χ2n) is 9.39. The van der Waals surface area contributed by atoms with Gasteiger partial charge in [-0.05, 0) is 65.3 Å². The molecule has 0 radical (unpaired) electrons. The molecule has 0 saturated heterocycles. The summed E-state index contributed by atoms with van der Waals surface area (Å²) in [7, 11) is 0. The number of aryl methyl sites for hydroxylation is 1. The van der Waals surface area contributed by atoms with Crippen molar-refractivity contribution in [3.63, 3.8) is 0 Å². The van der Waals surface area contributed by atoms with E-state index in [9.17, 15) is 4.39 Å². The molecular weight excluding hydrogens is 387 g/mol. The van der Waals surface area contributed by atoms with Gasteiger partial charge in [0.15, 0.2) is 11.9 Å². The lowest BCUT2D eigenvalue weighted by atomic mass is 9.87. The van der Waals surface area contributed by atoms with Crippen molar-refractivity contribution in [2.75, 3.05) is 0 Å². The van der Waals surface area contributed by atoms with E-state index in [1.54, 1.807) is 12.1 Å². The van der Waals surface area contributed by atoms with Gasteiger partial charge in [-0.3, -0.25) is 0 Å². The van der Waals surface area contributed by atoms with Gasteiger partial charge in [-0.15, -0.1) is 0 Å². The van der Waals surface area contributed by atoms with Gasteiger partial charge in [0, 0.05) is 6.54 Å². The van der Waals surface area contributed by atoms with E-state index in [-0.39, 0.29) is 17.3 Å². The number of ether oxygens (including phenoxy) is 1. The summed E-state index contributed by atoms with van der Waals surface area (Å²) in [5, 5.41) is 0. The first-order valence-electron chi connectivity index (χ1n) is 10.9. The second-order valence-corrected chi connectivity index (χ2v) is 9.39. The molecule has 1 aromatic heterocycles. The van der Waals surface area contributed by atoms with E-state index in [1.165, 1.54) is 17.2 Å². The Morgan fingerprint density at radius 3 is 2.58 bits per heavy atom. The van der Waals surface area contributed by atoms with E-state index >= 15 is 0 Å². The number of fused-ring (bicyclic) bond motifs is 2. The lowest BCUT2D eigenvalue weighted by molar-refractivity contribution is 0.163. The van der Waals surface area contributed by atoms with Crippen molar-refractivity contribution in [1.29, 1.82) is 0 Å². The van der Waals surface area contributed by atoms with Crippen molar-refractivity contribution >= 4 is 11.0 Å². The molecule has 0 saturated carbocycles. The minimum Gasteiger partial charge on any atom is -0.482 e. The molecule has 0 aliphatic carbocycles. The van der Waals surface area contributed by atoms with Gasteiger partial charge < -0.3 is 9.30 Å². The van der Waals surface area contributed by atoms with E-state index in [4.69, 9.17) is 9.72 Å². The first kappa shape index (κ1) is 19.8. The van der Waals surface area contributed by atoms with Crippen LogP contribution in [0, 0.1) is 5.82 Å². The molecule has 4 aromatic rings. The summed E-state index contributed by atoms with van der Waals surface area (Å²) >= 11 is 0. The number of aromatic nitrogens is 2. The molecule has 5 rings (SSSR count). The lowest BCUT2D eigenvalue weighted by Crippen LogP contribution is -2.20. The third kappa shape index (κ3) is 3.83. The van der Waals surface area contributed by atoms with E-state index in [1.807, 2.05) is 18.2 Å². The van der Waals surface area contributed by atoms with Crippen LogP contribution in [0.5, 0.6) is 5.75 Å². The Hall–Kier alpha value is -3.14. The number of hydrogen-bond donors (Lipinski definition) is 0. The average molecular weight is 415 g/mol.